The minimum Gasteiger partial charge on any atom is -0.390 e. The SMILES string of the molecule is NS(=O)(=O)OC[C@H]1C[C@@H](Cc2ncncc2C(=O)c2ccn(Cc3ccccn3)n2)[C@H](O)[C@@H]1O. The van der Waals surface area contributed by atoms with E-state index in [-0.39, 0.29) is 36.5 Å². The molecular formula is C21H24N6O6S. The molecule has 12 nitrogen and oxygen atoms in total. The maximum Gasteiger partial charge on any atom is 0.333 e. The molecule has 0 spiro atoms. The lowest BCUT2D eigenvalue weighted by molar-refractivity contribution is -0.00334. The quantitative estimate of drug-likeness (QED) is 0.331. The van der Waals surface area contributed by atoms with Crippen LogP contribution in [0, 0.1) is 11.8 Å². The average molecular weight is 489 g/mol. The van der Waals surface area contributed by atoms with Gasteiger partial charge in [0.2, 0.25) is 5.78 Å². The monoisotopic (exact) mass is 488 g/mol. The Balaban J connectivity index is 1.47. The second kappa shape index (κ2) is 10.0. The molecule has 13 heteroatoms. The van der Waals surface area contributed by atoms with Crippen molar-refractivity contribution in [1.29, 1.82) is 0 Å². The predicted octanol–water partition coefficient (Wildman–Crippen LogP) is -0.532. The van der Waals surface area contributed by atoms with Crippen molar-refractivity contribution in [2.24, 2.45) is 17.0 Å². The number of hydrogen-bond donors (Lipinski definition) is 3. The summed E-state index contributed by atoms with van der Waals surface area (Å²) in [6.07, 6.45) is 4.13. The van der Waals surface area contributed by atoms with Crippen molar-refractivity contribution in [2.45, 2.75) is 31.6 Å². The van der Waals surface area contributed by atoms with E-state index in [1.165, 1.54) is 12.5 Å². The van der Waals surface area contributed by atoms with Gasteiger partial charge in [0, 0.05) is 24.5 Å². The highest BCUT2D eigenvalue weighted by molar-refractivity contribution is 7.84. The Morgan fingerprint density at radius 1 is 1.18 bits per heavy atom. The van der Waals surface area contributed by atoms with Crippen LogP contribution in [0.4, 0.5) is 0 Å². The Hall–Kier alpha value is -3.10. The van der Waals surface area contributed by atoms with Crippen molar-refractivity contribution in [1.82, 2.24) is 24.7 Å². The van der Waals surface area contributed by atoms with Crippen molar-refractivity contribution in [3.05, 3.63) is 71.8 Å². The Morgan fingerprint density at radius 2 is 1.97 bits per heavy atom. The van der Waals surface area contributed by atoms with Crippen molar-refractivity contribution in [3.8, 4) is 0 Å². The van der Waals surface area contributed by atoms with Gasteiger partial charge in [-0.3, -0.25) is 18.6 Å². The molecule has 1 aliphatic carbocycles. The fourth-order valence-corrected chi connectivity index (χ4v) is 4.46. The number of nitrogens with zero attached hydrogens (tertiary/aromatic N) is 5. The zero-order valence-corrected chi connectivity index (χ0v) is 18.8. The fourth-order valence-electron chi connectivity index (χ4n) is 4.10. The van der Waals surface area contributed by atoms with Crippen LogP contribution in [0.1, 0.15) is 33.9 Å². The van der Waals surface area contributed by atoms with Gasteiger partial charge in [-0.1, -0.05) is 6.07 Å². The molecule has 0 unspecified atom stereocenters. The number of aliphatic hydroxyl groups excluding tert-OH is 2. The van der Waals surface area contributed by atoms with E-state index < -0.39 is 34.3 Å². The normalized spacial score (nSPS) is 22.7. The van der Waals surface area contributed by atoms with Crippen molar-refractivity contribution >= 4 is 16.1 Å². The van der Waals surface area contributed by atoms with E-state index in [1.54, 1.807) is 23.1 Å². The number of carbonyl (C=O) groups is 1. The highest BCUT2D eigenvalue weighted by atomic mass is 32.2. The Morgan fingerprint density at radius 3 is 2.71 bits per heavy atom. The molecule has 1 aliphatic rings. The summed E-state index contributed by atoms with van der Waals surface area (Å²) in [6.45, 7) is 0.0528. The van der Waals surface area contributed by atoms with Gasteiger partial charge in [-0.25, -0.2) is 15.1 Å². The minimum absolute atomic E-state index is 0.169. The Kier molecular flexibility index (Phi) is 7.09. The van der Waals surface area contributed by atoms with Gasteiger partial charge in [-0.2, -0.15) is 13.5 Å². The van der Waals surface area contributed by atoms with Crippen LogP contribution in [-0.4, -0.2) is 68.0 Å². The largest absolute Gasteiger partial charge is 0.390 e. The lowest BCUT2D eigenvalue weighted by Crippen LogP contribution is -2.31. The molecule has 4 atom stereocenters. The molecule has 3 aromatic rings. The third-order valence-electron chi connectivity index (χ3n) is 5.79. The summed E-state index contributed by atoms with van der Waals surface area (Å²) < 4.78 is 28.3. The van der Waals surface area contributed by atoms with E-state index in [4.69, 9.17) is 5.14 Å². The number of carbonyl (C=O) groups excluding carboxylic acids is 1. The van der Waals surface area contributed by atoms with E-state index in [0.29, 0.717) is 12.2 Å². The molecule has 4 N–H and O–H groups in total. The van der Waals surface area contributed by atoms with Gasteiger partial charge in [-0.05, 0) is 37.0 Å². The summed E-state index contributed by atoms with van der Waals surface area (Å²) in [5.41, 5.74) is 1.63. The van der Waals surface area contributed by atoms with E-state index in [9.17, 15) is 23.4 Å². The molecule has 4 rings (SSSR count). The first-order chi connectivity index (χ1) is 16.2. The number of rotatable bonds is 9. The molecule has 0 radical (unpaired) electrons. The molecule has 34 heavy (non-hydrogen) atoms. The molecular weight excluding hydrogens is 464 g/mol. The molecule has 3 aromatic heterocycles. The zero-order chi connectivity index (χ0) is 24.3. The van der Waals surface area contributed by atoms with E-state index in [1.807, 2.05) is 18.2 Å². The van der Waals surface area contributed by atoms with Crippen LogP contribution in [0.5, 0.6) is 0 Å². The van der Waals surface area contributed by atoms with Crippen molar-refractivity contribution < 1.29 is 27.6 Å². The molecule has 0 amide bonds. The summed E-state index contributed by atoms with van der Waals surface area (Å²) in [4.78, 5) is 25.6. The number of nitrogens with two attached hydrogens (primary N) is 1. The van der Waals surface area contributed by atoms with Crippen LogP contribution in [0.3, 0.4) is 0 Å². The smallest absolute Gasteiger partial charge is 0.333 e. The summed E-state index contributed by atoms with van der Waals surface area (Å²) in [5, 5.41) is 30.0. The molecule has 1 saturated carbocycles. The predicted molar refractivity (Wildman–Crippen MR) is 117 cm³/mol. The third-order valence-corrected chi connectivity index (χ3v) is 6.25. The van der Waals surface area contributed by atoms with Crippen LogP contribution >= 0.6 is 0 Å². The minimum atomic E-state index is -4.17. The highest BCUT2D eigenvalue weighted by Gasteiger charge is 2.42. The maximum atomic E-state index is 13.1. The maximum absolute atomic E-state index is 13.1. The number of aromatic nitrogens is 5. The first kappa shape index (κ1) is 24.0. The zero-order valence-electron chi connectivity index (χ0n) is 18.0. The van der Waals surface area contributed by atoms with Crippen molar-refractivity contribution in [2.75, 3.05) is 6.61 Å². The number of hydrogen-bond acceptors (Lipinski definition) is 10. The average Bonchev–Trinajstić information content (AvgIpc) is 3.38. The van der Waals surface area contributed by atoms with E-state index in [0.717, 1.165) is 5.69 Å². The fraction of sp³-hybridized carbons (Fsp3) is 0.381. The van der Waals surface area contributed by atoms with Gasteiger partial charge in [0.05, 0.1) is 42.3 Å². The second-order valence-electron chi connectivity index (χ2n) is 8.15. The van der Waals surface area contributed by atoms with Crippen LogP contribution in [0.2, 0.25) is 0 Å². The third kappa shape index (κ3) is 5.69. The van der Waals surface area contributed by atoms with Crippen molar-refractivity contribution in [3.63, 3.8) is 0 Å². The molecule has 1 fully saturated rings. The summed E-state index contributed by atoms with van der Waals surface area (Å²) in [7, 11) is -4.17. The van der Waals surface area contributed by atoms with Gasteiger partial charge >= 0.3 is 10.3 Å². The summed E-state index contributed by atoms with van der Waals surface area (Å²) >= 11 is 0. The lowest BCUT2D eigenvalue weighted by Gasteiger charge is -2.17. The van der Waals surface area contributed by atoms with Gasteiger partial charge in [0.15, 0.2) is 0 Å². The summed E-state index contributed by atoms with van der Waals surface area (Å²) in [6, 6.07) is 7.13. The second-order valence-corrected chi connectivity index (χ2v) is 9.37. The van der Waals surface area contributed by atoms with E-state index in [2.05, 4.69) is 24.2 Å². The molecule has 3 heterocycles. The summed E-state index contributed by atoms with van der Waals surface area (Å²) in [5.74, 6) is -1.49. The van der Waals surface area contributed by atoms with Gasteiger partial charge < -0.3 is 10.2 Å². The van der Waals surface area contributed by atoms with Gasteiger partial charge in [0.1, 0.15) is 12.0 Å². The first-order valence-electron chi connectivity index (χ1n) is 10.5. The molecule has 180 valence electrons. The van der Waals surface area contributed by atoms with Gasteiger partial charge in [0.25, 0.3) is 0 Å². The Labute approximate surface area is 195 Å². The van der Waals surface area contributed by atoms with Crippen LogP contribution in [0.15, 0.2) is 49.2 Å². The van der Waals surface area contributed by atoms with E-state index >= 15 is 0 Å². The molecule has 0 aromatic carbocycles. The molecule has 0 saturated heterocycles. The van der Waals surface area contributed by atoms with Gasteiger partial charge in [-0.15, -0.1) is 0 Å². The standard InChI is InChI=1S/C21H24N6O6S/c22-34(31,32)33-11-14-7-13(19(28)20(14)29)8-18-16(9-23-12-25-18)21(30)17-4-6-27(26-17)10-15-3-1-2-5-24-15/h1-6,9,12-14,19-20,28-29H,7-8,10-11H2,(H2,22,31,32)/t13-,14+,19-,20+/m0/s1. The highest BCUT2D eigenvalue weighted by Crippen LogP contribution is 2.34. The first-order valence-corrected chi connectivity index (χ1v) is 12.0. The van der Waals surface area contributed by atoms with Crippen LogP contribution in [0.25, 0.3) is 0 Å². The Bertz CT molecular complexity index is 1250. The number of ketones is 1. The lowest BCUT2D eigenvalue weighted by atomic mass is 9.95. The van der Waals surface area contributed by atoms with Crippen LogP contribution < -0.4 is 5.14 Å². The topological polar surface area (TPSA) is 183 Å². The molecule has 0 bridgehead atoms. The number of aliphatic hydroxyl groups is 2. The number of pyridine rings is 1. The van der Waals surface area contributed by atoms with Crippen LogP contribution in [-0.2, 0) is 27.5 Å². The molecule has 0 aliphatic heterocycles.